The van der Waals surface area contributed by atoms with Crippen molar-refractivity contribution in [3.8, 4) is 5.75 Å². The topological polar surface area (TPSA) is 58.6 Å². The highest BCUT2D eigenvalue weighted by atomic mass is 35.5. The van der Waals surface area contributed by atoms with Crippen LogP contribution in [0, 0.1) is 23.6 Å². The minimum atomic E-state index is -4.47. The summed E-state index contributed by atoms with van der Waals surface area (Å²) in [6.45, 7) is 2.37. The molecule has 1 aliphatic carbocycles. The first kappa shape index (κ1) is 27.0. The SMILES string of the molecule is O=C(Cc1ccc(OCC[C@H]2C[C@H]2C2CCN(c3ncc(Cl)cn3)CC2)cc1F)N1CCC[C@@H]1C(F)(F)F. The van der Waals surface area contributed by atoms with Crippen molar-refractivity contribution in [3.63, 3.8) is 0 Å². The Morgan fingerprint density at radius 1 is 1.11 bits per heavy atom. The summed E-state index contributed by atoms with van der Waals surface area (Å²) < 4.78 is 59.8. The molecule has 2 saturated heterocycles. The fourth-order valence-electron chi connectivity index (χ4n) is 5.94. The Labute approximate surface area is 224 Å². The molecule has 206 valence electrons. The average Bonchev–Trinajstić information content (AvgIpc) is 3.46. The number of nitrogens with zero attached hydrogens (tertiary/aromatic N) is 4. The van der Waals surface area contributed by atoms with E-state index in [0.29, 0.717) is 41.6 Å². The van der Waals surface area contributed by atoms with E-state index in [-0.39, 0.29) is 18.5 Å². The molecular formula is C27H31ClF4N4O2. The van der Waals surface area contributed by atoms with Crippen LogP contribution in [0.3, 0.4) is 0 Å². The van der Waals surface area contributed by atoms with Crippen molar-refractivity contribution in [1.82, 2.24) is 14.9 Å². The molecule has 1 aromatic carbocycles. The number of benzene rings is 1. The highest BCUT2D eigenvalue weighted by Crippen LogP contribution is 2.50. The monoisotopic (exact) mass is 554 g/mol. The third kappa shape index (κ3) is 6.33. The molecule has 3 atom stereocenters. The van der Waals surface area contributed by atoms with Gasteiger partial charge >= 0.3 is 6.18 Å². The van der Waals surface area contributed by atoms with Crippen molar-refractivity contribution in [2.75, 3.05) is 31.1 Å². The van der Waals surface area contributed by atoms with E-state index < -0.39 is 30.4 Å². The molecule has 38 heavy (non-hydrogen) atoms. The Morgan fingerprint density at radius 2 is 1.84 bits per heavy atom. The normalized spacial score (nSPS) is 24.1. The first-order valence-electron chi connectivity index (χ1n) is 13.2. The molecule has 1 aromatic heterocycles. The van der Waals surface area contributed by atoms with Crippen LogP contribution >= 0.6 is 11.6 Å². The largest absolute Gasteiger partial charge is 0.493 e. The number of hydrogen-bond donors (Lipinski definition) is 0. The Bertz CT molecular complexity index is 1130. The predicted octanol–water partition coefficient (Wildman–Crippen LogP) is 5.69. The molecule has 3 aliphatic rings. The van der Waals surface area contributed by atoms with Crippen molar-refractivity contribution in [1.29, 1.82) is 0 Å². The lowest BCUT2D eigenvalue weighted by molar-refractivity contribution is -0.182. The van der Waals surface area contributed by atoms with Gasteiger partial charge in [0.2, 0.25) is 11.9 Å². The van der Waals surface area contributed by atoms with Gasteiger partial charge in [0.05, 0.1) is 30.4 Å². The Kier molecular flexibility index (Phi) is 7.98. The molecule has 0 radical (unpaired) electrons. The summed E-state index contributed by atoms with van der Waals surface area (Å²) in [7, 11) is 0. The van der Waals surface area contributed by atoms with E-state index in [1.807, 2.05) is 0 Å². The second-order valence-electron chi connectivity index (χ2n) is 10.5. The fraction of sp³-hybridized carbons (Fsp3) is 0.593. The number of aromatic nitrogens is 2. The van der Waals surface area contributed by atoms with E-state index in [4.69, 9.17) is 16.3 Å². The summed E-state index contributed by atoms with van der Waals surface area (Å²) >= 11 is 5.87. The van der Waals surface area contributed by atoms with E-state index in [1.165, 1.54) is 18.6 Å². The van der Waals surface area contributed by atoms with Gasteiger partial charge < -0.3 is 14.5 Å². The van der Waals surface area contributed by atoms with Gasteiger partial charge in [0.1, 0.15) is 17.6 Å². The average molecular weight is 555 g/mol. The molecule has 3 heterocycles. The molecule has 1 saturated carbocycles. The standard InChI is InChI=1S/C27H31ClF4N4O2/c28-20-15-33-26(34-16-20)35-9-5-17(6-10-35)22-12-18(22)7-11-38-21-4-3-19(23(29)14-21)13-25(37)36-8-1-2-24(36)27(30,31)32/h3-4,14-18,22,24H,1-2,5-13H2/t18-,22-,24+/m0/s1. The summed E-state index contributed by atoms with van der Waals surface area (Å²) in [5, 5.41) is 0.528. The molecule has 2 aromatic rings. The van der Waals surface area contributed by atoms with Gasteiger partial charge in [-0.15, -0.1) is 0 Å². The molecule has 6 nitrogen and oxygen atoms in total. The molecule has 0 N–H and O–H groups in total. The van der Waals surface area contributed by atoms with Crippen LogP contribution < -0.4 is 9.64 Å². The number of carbonyl (C=O) groups is 1. The fourth-order valence-corrected chi connectivity index (χ4v) is 6.03. The van der Waals surface area contributed by atoms with E-state index >= 15 is 0 Å². The van der Waals surface area contributed by atoms with Crippen LogP contribution in [0.4, 0.5) is 23.5 Å². The second-order valence-corrected chi connectivity index (χ2v) is 11.0. The van der Waals surface area contributed by atoms with Gasteiger partial charge in [0.15, 0.2) is 0 Å². The summed E-state index contributed by atoms with van der Waals surface area (Å²) in [6, 6.07) is 2.44. The first-order chi connectivity index (χ1) is 18.2. The van der Waals surface area contributed by atoms with Gasteiger partial charge in [-0.05, 0) is 67.9 Å². The summed E-state index contributed by atoms with van der Waals surface area (Å²) in [4.78, 5) is 24.1. The van der Waals surface area contributed by atoms with E-state index in [0.717, 1.165) is 43.2 Å². The Morgan fingerprint density at radius 3 is 2.53 bits per heavy atom. The zero-order chi connectivity index (χ0) is 26.9. The van der Waals surface area contributed by atoms with Crippen LogP contribution in [-0.2, 0) is 11.2 Å². The van der Waals surface area contributed by atoms with Crippen LogP contribution in [0.15, 0.2) is 30.6 Å². The number of ether oxygens (including phenoxy) is 1. The van der Waals surface area contributed by atoms with E-state index in [2.05, 4.69) is 14.9 Å². The molecular weight excluding hydrogens is 524 g/mol. The van der Waals surface area contributed by atoms with Crippen LogP contribution in [-0.4, -0.2) is 59.2 Å². The van der Waals surface area contributed by atoms with Crippen LogP contribution in [0.1, 0.15) is 44.1 Å². The lowest BCUT2D eigenvalue weighted by Gasteiger charge is -2.32. The lowest BCUT2D eigenvalue weighted by Crippen LogP contribution is -2.45. The summed E-state index contributed by atoms with van der Waals surface area (Å²) in [5.74, 6) is 1.69. The van der Waals surface area contributed by atoms with Crippen molar-refractivity contribution >= 4 is 23.5 Å². The molecule has 11 heteroatoms. The van der Waals surface area contributed by atoms with Gasteiger partial charge in [0.25, 0.3) is 0 Å². The zero-order valence-electron chi connectivity index (χ0n) is 21.0. The van der Waals surface area contributed by atoms with E-state index in [9.17, 15) is 22.4 Å². The predicted molar refractivity (Wildman–Crippen MR) is 135 cm³/mol. The minimum Gasteiger partial charge on any atom is -0.493 e. The summed E-state index contributed by atoms with van der Waals surface area (Å²) in [6.07, 6.45) is 2.82. The van der Waals surface area contributed by atoms with Crippen LogP contribution in [0.25, 0.3) is 0 Å². The number of amides is 1. The third-order valence-electron chi connectivity index (χ3n) is 8.09. The molecule has 1 amide bonds. The first-order valence-corrected chi connectivity index (χ1v) is 13.6. The quantitative estimate of drug-likeness (QED) is 0.393. The Balaban J connectivity index is 1.04. The van der Waals surface area contributed by atoms with E-state index in [1.54, 1.807) is 18.5 Å². The van der Waals surface area contributed by atoms with Gasteiger partial charge in [-0.3, -0.25) is 4.79 Å². The number of piperidine rings is 1. The van der Waals surface area contributed by atoms with Gasteiger partial charge in [-0.25, -0.2) is 14.4 Å². The number of rotatable bonds is 8. The molecule has 0 unspecified atom stereocenters. The highest BCUT2D eigenvalue weighted by Gasteiger charge is 2.47. The van der Waals surface area contributed by atoms with Crippen molar-refractivity contribution in [3.05, 3.63) is 47.0 Å². The number of likely N-dealkylation sites (tertiary alicyclic amines) is 1. The van der Waals surface area contributed by atoms with Crippen molar-refractivity contribution in [2.24, 2.45) is 17.8 Å². The second kappa shape index (κ2) is 11.2. The van der Waals surface area contributed by atoms with Gasteiger partial charge in [-0.1, -0.05) is 17.7 Å². The van der Waals surface area contributed by atoms with Gasteiger partial charge in [0, 0.05) is 25.7 Å². The highest BCUT2D eigenvalue weighted by molar-refractivity contribution is 6.30. The van der Waals surface area contributed by atoms with Crippen molar-refractivity contribution in [2.45, 2.75) is 57.2 Å². The number of hydrogen-bond acceptors (Lipinski definition) is 5. The maximum Gasteiger partial charge on any atom is 0.408 e. The smallest absolute Gasteiger partial charge is 0.408 e. The molecule has 5 rings (SSSR count). The summed E-state index contributed by atoms with van der Waals surface area (Å²) in [5.41, 5.74) is 0.0766. The number of carbonyl (C=O) groups excluding carboxylic acids is 1. The maximum absolute atomic E-state index is 14.6. The molecule has 3 fully saturated rings. The van der Waals surface area contributed by atoms with Gasteiger partial charge in [-0.2, -0.15) is 13.2 Å². The van der Waals surface area contributed by atoms with Crippen LogP contribution in [0.2, 0.25) is 5.02 Å². The maximum atomic E-state index is 14.6. The number of alkyl halides is 3. The molecule has 2 aliphatic heterocycles. The van der Waals surface area contributed by atoms with Crippen LogP contribution in [0.5, 0.6) is 5.75 Å². The molecule has 0 bridgehead atoms. The Hall–Kier alpha value is -2.62. The third-order valence-corrected chi connectivity index (χ3v) is 8.28. The molecule has 0 spiro atoms. The lowest BCUT2D eigenvalue weighted by atomic mass is 9.90. The number of halogens is 5. The number of anilines is 1. The minimum absolute atomic E-state index is 0.0455. The van der Waals surface area contributed by atoms with Crippen molar-refractivity contribution < 1.29 is 27.1 Å². The zero-order valence-corrected chi connectivity index (χ0v) is 21.7.